The summed E-state index contributed by atoms with van der Waals surface area (Å²) in [6.45, 7) is 7.42. The van der Waals surface area contributed by atoms with Gasteiger partial charge in [0.05, 0.1) is 16.6 Å². The number of aromatic nitrogens is 2. The van der Waals surface area contributed by atoms with E-state index in [9.17, 15) is 4.79 Å². The van der Waals surface area contributed by atoms with E-state index in [2.05, 4.69) is 22.1 Å². The Hall–Kier alpha value is -2.37. The highest BCUT2D eigenvalue weighted by molar-refractivity contribution is 6.38. The topological polar surface area (TPSA) is 58.1 Å². The third kappa shape index (κ3) is 5.86. The van der Waals surface area contributed by atoms with Gasteiger partial charge in [-0.25, -0.2) is 9.97 Å². The standard InChI is InChI=1S/C24H28Cl2N4O/c1-4-12-30(13-11-22(31)27-16(3)17-9-7-6-8-10-17)24-19-14-18(25)15-20(26)23(19)28-21(5-2)29-24/h6-10,14-16H,4-5,11-13H2,1-3H3,(H,27,31)/t16-/m0/s1. The molecule has 0 saturated heterocycles. The fourth-order valence-electron chi connectivity index (χ4n) is 3.55. The van der Waals surface area contributed by atoms with Crippen LogP contribution in [0.25, 0.3) is 10.9 Å². The fourth-order valence-corrected chi connectivity index (χ4v) is 4.09. The summed E-state index contributed by atoms with van der Waals surface area (Å²) in [5.41, 5.74) is 1.77. The Labute approximate surface area is 193 Å². The number of benzene rings is 2. The lowest BCUT2D eigenvalue weighted by Gasteiger charge is -2.25. The largest absolute Gasteiger partial charge is 0.355 e. The zero-order valence-corrected chi connectivity index (χ0v) is 19.7. The van der Waals surface area contributed by atoms with Crippen LogP contribution in [0.5, 0.6) is 0 Å². The average molecular weight is 459 g/mol. The summed E-state index contributed by atoms with van der Waals surface area (Å²) in [5.74, 6) is 1.49. The number of hydrogen-bond donors (Lipinski definition) is 1. The van der Waals surface area contributed by atoms with E-state index in [-0.39, 0.29) is 11.9 Å². The van der Waals surface area contributed by atoms with Gasteiger partial charge >= 0.3 is 0 Å². The third-order valence-electron chi connectivity index (χ3n) is 5.14. The van der Waals surface area contributed by atoms with Gasteiger partial charge in [0.25, 0.3) is 0 Å². The number of nitrogens with zero attached hydrogens (tertiary/aromatic N) is 3. The average Bonchev–Trinajstić information content (AvgIpc) is 2.76. The molecule has 1 N–H and O–H groups in total. The summed E-state index contributed by atoms with van der Waals surface area (Å²) in [7, 11) is 0. The van der Waals surface area contributed by atoms with Crippen molar-refractivity contribution in [3.63, 3.8) is 0 Å². The molecule has 0 bridgehead atoms. The molecule has 0 fully saturated rings. The Balaban J connectivity index is 1.82. The van der Waals surface area contributed by atoms with Crippen LogP contribution in [0.4, 0.5) is 5.82 Å². The van der Waals surface area contributed by atoms with Crippen LogP contribution in [-0.2, 0) is 11.2 Å². The molecule has 31 heavy (non-hydrogen) atoms. The number of aryl methyl sites for hydroxylation is 1. The molecule has 3 rings (SSSR count). The van der Waals surface area contributed by atoms with Gasteiger partial charge in [-0.15, -0.1) is 0 Å². The maximum atomic E-state index is 12.6. The van der Waals surface area contributed by atoms with E-state index in [4.69, 9.17) is 28.2 Å². The summed E-state index contributed by atoms with van der Waals surface area (Å²) in [6.07, 6.45) is 1.97. The zero-order chi connectivity index (χ0) is 22.4. The number of hydrogen-bond acceptors (Lipinski definition) is 4. The highest BCUT2D eigenvalue weighted by Crippen LogP contribution is 2.32. The van der Waals surface area contributed by atoms with Gasteiger partial charge in [0.2, 0.25) is 5.91 Å². The first-order valence-corrected chi connectivity index (χ1v) is 11.4. The van der Waals surface area contributed by atoms with Crippen LogP contribution in [0, 0.1) is 0 Å². The molecule has 1 aromatic heterocycles. The lowest BCUT2D eigenvalue weighted by atomic mass is 10.1. The van der Waals surface area contributed by atoms with E-state index in [0.717, 1.165) is 35.6 Å². The van der Waals surface area contributed by atoms with Gasteiger partial charge in [-0.1, -0.05) is 67.4 Å². The Kier molecular flexibility index (Phi) is 8.10. The summed E-state index contributed by atoms with van der Waals surface area (Å²) in [4.78, 5) is 24.1. The van der Waals surface area contributed by atoms with Crippen LogP contribution in [0.15, 0.2) is 42.5 Å². The Morgan fingerprint density at radius 1 is 1.10 bits per heavy atom. The summed E-state index contributed by atoms with van der Waals surface area (Å²) in [6, 6.07) is 13.4. The first kappa shape index (κ1) is 23.3. The van der Waals surface area contributed by atoms with Crippen molar-refractivity contribution < 1.29 is 4.79 Å². The molecule has 7 heteroatoms. The van der Waals surface area contributed by atoms with Crippen LogP contribution in [-0.4, -0.2) is 29.0 Å². The molecule has 1 heterocycles. The van der Waals surface area contributed by atoms with Gasteiger partial charge in [-0.05, 0) is 31.0 Å². The molecule has 3 aromatic rings. The number of rotatable bonds is 9. The first-order chi connectivity index (χ1) is 14.9. The number of fused-ring (bicyclic) bond motifs is 1. The number of amides is 1. The molecule has 0 aliphatic heterocycles. The molecule has 0 spiro atoms. The van der Waals surface area contributed by atoms with E-state index in [0.29, 0.717) is 34.9 Å². The van der Waals surface area contributed by atoms with Crippen molar-refractivity contribution in [3.05, 3.63) is 63.9 Å². The van der Waals surface area contributed by atoms with Crippen molar-refractivity contribution in [2.75, 3.05) is 18.0 Å². The van der Waals surface area contributed by atoms with Gasteiger partial charge in [-0.2, -0.15) is 0 Å². The summed E-state index contributed by atoms with van der Waals surface area (Å²) >= 11 is 12.7. The number of nitrogens with one attached hydrogen (secondary N) is 1. The molecule has 0 aliphatic rings. The summed E-state index contributed by atoms with van der Waals surface area (Å²) in [5, 5.41) is 4.93. The Bertz CT molecular complexity index is 1040. The monoisotopic (exact) mass is 458 g/mol. The van der Waals surface area contributed by atoms with Crippen molar-refractivity contribution in [2.45, 2.75) is 46.1 Å². The van der Waals surface area contributed by atoms with E-state index in [1.54, 1.807) is 6.07 Å². The fraction of sp³-hybridized carbons (Fsp3) is 0.375. The van der Waals surface area contributed by atoms with Gasteiger partial charge in [0.15, 0.2) is 0 Å². The molecule has 0 radical (unpaired) electrons. The van der Waals surface area contributed by atoms with E-state index in [1.165, 1.54) is 0 Å². The van der Waals surface area contributed by atoms with Gasteiger partial charge in [-0.3, -0.25) is 4.79 Å². The molecule has 5 nitrogen and oxygen atoms in total. The maximum absolute atomic E-state index is 12.6. The van der Waals surface area contributed by atoms with Crippen molar-refractivity contribution in [2.24, 2.45) is 0 Å². The van der Waals surface area contributed by atoms with E-state index in [1.807, 2.05) is 50.2 Å². The highest BCUT2D eigenvalue weighted by atomic mass is 35.5. The van der Waals surface area contributed by atoms with Crippen molar-refractivity contribution in [3.8, 4) is 0 Å². The van der Waals surface area contributed by atoms with Gasteiger partial charge in [0.1, 0.15) is 11.6 Å². The molecule has 0 saturated carbocycles. The predicted octanol–water partition coefficient (Wildman–Crippen LogP) is 5.98. The predicted molar refractivity (Wildman–Crippen MR) is 129 cm³/mol. The molecule has 164 valence electrons. The molecule has 1 atom stereocenters. The number of carbonyl (C=O) groups is 1. The molecular formula is C24H28Cl2N4O. The molecule has 2 aromatic carbocycles. The minimum absolute atomic E-state index is 0.00241. The smallest absolute Gasteiger partial charge is 0.222 e. The lowest BCUT2D eigenvalue weighted by molar-refractivity contribution is -0.121. The molecule has 0 aliphatic carbocycles. The van der Waals surface area contributed by atoms with Crippen molar-refractivity contribution in [1.29, 1.82) is 0 Å². The van der Waals surface area contributed by atoms with Crippen LogP contribution >= 0.6 is 23.2 Å². The number of halogens is 2. The summed E-state index contributed by atoms with van der Waals surface area (Å²) < 4.78 is 0. The highest BCUT2D eigenvalue weighted by Gasteiger charge is 2.18. The Morgan fingerprint density at radius 3 is 2.52 bits per heavy atom. The van der Waals surface area contributed by atoms with E-state index >= 15 is 0 Å². The molecule has 1 amide bonds. The van der Waals surface area contributed by atoms with Crippen LogP contribution in [0.2, 0.25) is 10.0 Å². The maximum Gasteiger partial charge on any atom is 0.222 e. The second-order valence-electron chi connectivity index (χ2n) is 7.54. The quantitative estimate of drug-likeness (QED) is 0.428. The number of carbonyl (C=O) groups excluding carboxylic acids is 1. The second-order valence-corrected chi connectivity index (χ2v) is 8.38. The van der Waals surface area contributed by atoms with Crippen LogP contribution in [0.3, 0.4) is 0 Å². The normalized spacial score (nSPS) is 12.0. The van der Waals surface area contributed by atoms with Crippen LogP contribution in [0.1, 0.15) is 51.0 Å². The number of anilines is 1. The van der Waals surface area contributed by atoms with E-state index < -0.39 is 0 Å². The minimum Gasteiger partial charge on any atom is -0.355 e. The Morgan fingerprint density at radius 2 is 1.84 bits per heavy atom. The van der Waals surface area contributed by atoms with Crippen molar-refractivity contribution in [1.82, 2.24) is 15.3 Å². The second kappa shape index (κ2) is 10.8. The van der Waals surface area contributed by atoms with Gasteiger partial charge < -0.3 is 10.2 Å². The minimum atomic E-state index is -0.0440. The SMILES string of the molecule is CCCN(CCC(=O)N[C@@H](C)c1ccccc1)c1nc(CC)nc2c(Cl)cc(Cl)cc12. The van der Waals surface area contributed by atoms with Crippen molar-refractivity contribution >= 4 is 45.8 Å². The van der Waals surface area contributed by atoms with Gasteiger partial charge in [0, 0.05) is 36.3 Å². The molecule has 0 unspecified atom stereocenters. The first-order valence-electron chi connectivity index (χ1n) is 10.7. The molecular weight excluding hydrogens is 431 g/mol. The zero-order valence-electron chi connectivity index (χ0n) is 18.2. The lowest BCUT2D eigenvalue weighted by Crippen LogP contribution is -2.33. The van der Waals surface area contributed by atoms with Crippen LogP contribution < -0.4 is 10.2 Å². The third-order valence-corrected chi connectivity index (χ3v) is 5.65.